The first kappa shape index (κ1) is 16.4. The van der Waals surface area contributed by atoms with Crippen LogP contribution in [0.5, 0.6) is 0 Å². The van der Waals surface area contributed by atoms with Gasteiger partial charge in [0.2, 0.25) is 11.9 Å². The predicted octanol–water partition coefficient (Wildman–Crippen LogP) is 0.344. The van der Waals surface area contributed by atoms with Gasteiger partial charge in [-0.3, -0.25) is 4.79 Å². The first-order valence-electron chi connectivity index (χ1n) is 9.05. The molecule has 4 rings (SSSR count). The van der Waals surface area contributed by atoms with Gasteiger partial charge < -0.3 is 25.2 Å². The zero-order valence-corrected chi connectivity index (χ0v) is 14.8. The van der Waals surface area contributed by atoms with Crippen molar-refractivity contribution in [1.29, 1.82) is 0 Å². The molecule has 4 heterocycles. The summed E-state index contributed by atoms with van der Waals surface area (Å²) in [5.74, 6) is 2.23. The number of carbonyl (C=O) groups is 1. The first-order valence-corrected chi connectivity index (χ1v) is 9.05. The molecule has 3 aliphatic rings. The number of nitrogen functional groups attached to an aromatic ring is 1. The van der Waals surface area contributed by atoms with Gasteiger partial charge in [-0.05, 0) is 19.3 Å². The van der Waals surface area contributed by atoms with E-state index in [9.17, 15) is 4.79 Å². The van der Waals surface area contributed by atoms with Crippen LogP contribution in [0.3, 0.4) is 0 Å². The predicted molar refractivity (Wildman–Crippen MR) is 95.6 cm³/mol. The lowest BCUT2D eigenvalue weighted by atomic mass is 9.78. The highest BCUT2D eigenvalue weighted by Crippen LogP contribution is 2.41. The van der Waals surface area contributed by atoms with Crippen molar-refractivity contribution in [1.82, 2.24) is 14.9 Å². The maximum absolute atomic E-state index is 12.7. The molecule has 3 fully saturated rings. The van der Waals surface area contributed by atoms with E-state index in [4.69, 9.17) is 10.5 Å². The van der Waals surface area contributed by atoms with Crippen LogP contribution in [0.2, 0.25) is 0 Å². The van der Waals surface area contributed by atoms with E-state index in [0.717, 1.165) is 63.6 Å². The Balaban J connectivity index is 1.56. The van der Waals surface area contributed by atoms with Gasteiger partial charge >= 0.3 is 0 Å². The van der Waals surface area contributed by atoms with E-state index in [0.29, 0.717) is 13.2 Å². The number of amides is 1. The standard InChI is InChI=1S/C17H26N6O2/c1-21-5-2-3-17(15(21)24)4-6-23(12-17)14-11-13(19-16(18)20-14)22-7-9-25-10-8-22/h11H,2-10,12H2,1H3,(H2,18,19,20)/t17-/m1/s1. The highest BCUT2D eigenvalue weighted by atomic mass is 16.5. The Hall–Kier alpha value is -2.09. The summed E-state index contributed by atoms with van der Waals surface area (Å²) in [6.07, 6.45) is 2.91. The fourth-order valence-electron chi connectivity index (χ4n) is 4.27. The number of carbonyl (C=O) groups excluding carboxylic acids is 1. The average molecular weight is 346 g/mol. The number of hydrogen-bond donors (Lipinski definition) is 1. The zero-order valence-electron chi connectivity index (χ0n) is 14.8. The quantitative estimate of drug-likeness (QED) is 0.826. The van der Waals surface area contributed by atoms with Crippen LogP contribution in [0.4, 0.5) is 17.6 Å². The highest BCUT2D eigenvalue weighted by molar-refractivity contribution is 5.84. The fourth-order valence-corrected chi connectivity index (χ4v) is 4.27. The average Bonchev–Trinajstić information content (AvgIpc) is 3.05. The number of rotatable bonds is 2. The third-order valence-corrected chi connectivity index (χ3v) is 5.68. The minimum atomic E-state index is -0.258. The lowest BCUT2D eigenvalue weighted by molar-refractivity contribution is -0.143. The molecule has 0 aliphatic carbocycles. The van der Waals surface area contributed by atoms with Gasteiger partial charge in [0, 0.05) is 45.8 Å². The van der Waals surface area contributed by atoms with Gasteiger partial charge in [0.1, 0.15) is 11.6 Å². The molecular formula is C17H26N6O2. The lowest BCUT2D eigenvalue weighted by Crippen LogP contribution is -2.48. The molecular weight excluding hydrogens is 320 g/mol. The summed E-state index contributed by atoms with van der Waals surface area (Å²) in [6.45, 7) is 5.43. The molecule has 8 heteroatoms. The van der Waals surface area contributed by atoms with E-state index >= 15 is 0 Å². The molecule has 136 valence electrons. The number of hydrogen-bond acceptors (Lipinski definition) is 7. The SMILES string of the molecule is CN1CCC[C@]2(CCN(c3cc(N4CCOCC4)nc(N)n3)C2)C1=O. The second-order valence-corrected chi connectivity index (χ2v) is 7.32. The Morgan fingerprint density at radius 1 is 1.08 bits per heavy atom. The van der Waals surface area contributed by atoms with Gasteiger partial charge in [0.25, 0.3) is 0 Å². The van der Waals surface area contributed by atoms with Gasteiger partial charge in [0.15, 0.2) is 0 Å². The molecule has 3 aliphatic heterocycles. The van der Waals surface area contributed by atoms with E-state index < -0.39 is 0 Å². The monoisotopic (exact) mass is 346 g/mol. The van der Waals surface area contributed by atoms with Crippen molar-refractivity contribution in [3.05, 3.63) is 6.07 Å². The van der Waals surface area contributed by atoms with Gasteiger partial charge in [-0.1, -0.05) is 0 Å². The molecule has 0 saturated carbocycles. The van der Waals surface area contributed by atoms with Gasteiger partial charge in [0.05, 0.1) is 18.6 Å². The number of ether oxygens (including phenoxy) is 1. The largest absolute Gasteiger partial charge is 0.378 e. The minimum absolute atomic E-state index is 0.258. The van der Waals surface area contributed by atoms with Crippen LogP contribution in [0.25, 0.3) is 0 Å². The van der Waals surface area contributed by atoms with Crippen LogP contribution in [-0.2, 0) is 9.53 Å². The maximum Gasteiger partial charge on any atom is 0.230 e. The molecule has 1 amide bonds. The molecule has 0 bridgehead atoms. The summed E-state index contributed by atoms with van der Waals surface area (Å²) in [5, 5.41) is 0. The third kappa shape index (κ3) is 2.99. The molecule has 8 nitrogen and oxygen atoms in total. The molecule has 3 saturated heterocycles. The van der Waals surface area contributed by atoms with E-state index in [1.807, 2.05) is 18.0 Å². The summed E-state index contributed by atoms with van der Waals surface area (Å²) >= 11 is 0. The van der Waals surface area contributed by atoms with Crippen molar-refractivity contribution in [2.24, 2.45) is 5.41 Å². The number of morpholine rings is 1. The molecule has 2 N–H and O–H groups in total. The van der Waals surface area contributed by atoms with Crippen LogP contribution in [0, 0.1) is 5.41 Å². The van der Waals surface area contributed by atoms with Crippen molar-refractivity contribution in [2.45, 2.75) is 19.3 Å². The third-order valence-electron chi connectivity index (χ3n) is 5.68. The van der Waals surface area contributed by atoms with E-state index in [1.54, 1.807) is 0 Å². The van der Waals surface area contributed by atoms with E-state index in [2.05, 4.69) is 19.8 Å². The van der Waals surface area contributed by atoms with Crippen molar-refractivity contribution in [2.75, 3.05) is 68.5 Å². The number of piperidine rings is 1. The van der Waals surface area contributed by atoms with Crippen molar-refractivity contribution >= 4 is 23.5 Å². The van der Waals surface area contributed by atoms with Crippen LogP contribution in [0.15, 0.2) is 6.07 Å². The molecule has 25 heavy (non-hydrogen) atoms. The van der Waals surface area contributed by atoms with E-state index in [1.165, 1.54) is 0 Å². The molecule has 0 aromatic carbocycles. The zero-order chi connectivity index (χ0) is 17.4. The normalized spacial score (nSPS) is 27.4. The number of nitrogens with two attached hydrogens (primary N) is 1. The molecule has 0 radical (unpaired) electrons. The van der Waals surface area contributed by atoms with E-state index in [-0.39, 0.29) is 17.3 Å². The first-order chi connectivity index (χ1) is 12.1. The second-order valence-electron chi connectivity index (χ2n) is 7.32. The second kappa shape index (κ2) is 6.33. The maximum atomic E-state index is 12.7. The topological polar surface area (TPSA) is 87.8 Å². The van der Waals surface area contributed by atoms with Crippen LogP contribution >= 0.6 is 0 Å². The van der Waals surface area contributed by atoms with Crippen LogP contribution < -0.4 is 15.5 Å². The summed E-state index contributed by atoms with van der Waals surface area (Å²) < 4.78 is 5.41. The molecule has 1 aromatic rings. The van der Waals surface area contributed by atoms with Gasteiger partial charge in [-0.2, -0.15) is 9.97 Å². The molecule has 1 aromatic heterocycles. The molecule has 1 spiro atoms. The Kier molecular flexibility index (Phi) is 4.15. The van der Waals surface area contributed by atoms with Crippen LogP contribution in [-0.4, -0.2) is 73.8 Å². The van der Waals surface area contributed by atoms with Crippen LogP contribution in [0.1, 0.15) is 19.3 Å². The minimum Gasteiger partial charge on any atom is -0.378 e. The summed E-state index contributed by atoms with van der Waals surface area (Å²) in [4.78, 5) is 27.8. The summed E-state index contributed by atoms with van der Waals surface area (Å²) in [5.41, 5.74) is 5.71. The molecule has 0 unspecified atom stereocenters. The Labute approximate surface area is 147 Å². The highest BCUT2D eigenvalue weighted by Gasteiger charge is 2.47. The smallest absolute Gasteiger partial charge is 0.230 e. The Morgan fingerprint density at radius 3 is 2.56 bits per heavy atom. The van der Waals surface area contributed by atoms with Crippen molar-refractivity contribution < 1.29 is 9.53 Å². The number of anilines is 3. The van der Waals surface area contributed by atoms with Gasteiger partial charge in [-0.15, -0.1) is 0 Å². The number of likely N-dealkylation sites (tertiary alicyclic amines) is 1. The molecule has 1 atom stereocenters. The number of nitrogens with zero attached hydrogens (tertiary/aromatic N) is 5. The Morgan fingerprint density at radius 2 is 1.80 bits per heavy atom. The summed E-state index contributed by atoms with van der Waals surface area (Å²) in [6, 6.07) is 2.00. The lowest BCUT2D eigenvalue weighted by Gasteiger charge is -2.37. The summed E-state index contributed by atoms with van der Waals surface area (Å²) in [7, 11) is 1.91. The van der Waals surface area contributed by atoms with Crippen molar-refractivity contribution in [3.63, 3.8) is 0 Å². The number of aromatic nitrogens is 2. The fraction of sp³-hybridized carbons (Fsp3) is 0.706. The van der Waals surface area contributed by atoms with Crippen molar-refractivity contribution in [3.8, 4) is 0 Å². The Bertz CT molecular complexity index is 663. The van der Waals surface area contributed by atoms with Gasteiger partial charge in [-0.25, -0.2) is 0 Å².